The van der Waals surface area contributed by atoms with Gasteiger partial charge in [-0.3, -0.25) is 4.79 Å². The molecule has 5 heteroatoms. The number of aryl methyl sites for hydroxylation is 2. The molecule has 2 N–H and O–H groups in total. The first-order chi connectivity index (χ1) is 14.0. The van der Waals surface area contributed by atoms with Gasteiger partial charge >= 0.3 is 0 Å². The number of pyridine rings is 1. The first-order valence-corrected chi connectivity index (χ1v) is 10.2. The molecule has 2 aromatic carbocycles. The summed E-state index contributed by atoms with van der Waals surface area (Å²) in [5.41, 5.74) is 2.42. The van der Waals surface area contributed by atoms with Gasteiger partial charge in [-0.2, -0.15) is 0 Å². The highest BCUT2D eigenvalue weighted by Gasteiger charge is 2.39. The maximum atomic E-state index is 13.0. The Morgan fingerprint density at radius 2 is 1.66 bits per heavy atom. The third-order valence-corrected chi connectivity index (χ3v) is 5.94. The molecule has 0 radical (unpaired) electrons. The molecule has 1 aliphatic carbocycles. The molecule has 148 valence electrons. The van der Waals surface area contributed by atoms with Gasteiger partial charge in [0.15, 0.2) is 0 Å². The Balaban J connectivity index is 1.67. The second kappa shape index (κ2) is 7.97. The van der Waals surface area contributed by atoms with Crippen molar-refractivity contribution in [2.75, 3.05) is 0 Å². The van der Waals surface area contributed by atoms with Gasteiger partial charge in [-0.15, -0.1) is 0 Å². The maximum Gasteiger partial charge on any atom is 0.254 e. The van der Waals surface area contributed by atoms with E-state index in [9.17, 15) is 9.90 Å². The highest BCUT2D eigenvalue weighted by molar-refractivity contribution is 6.32. The average Bonchev–Trinajstić information content (AvgIpc) is 3.20. The Labute approximate surface area is 175 Å². The highest BCUT2D eigenvalue weighted by atomic mass is 35.5. The molecule has 4 rings (SSSR count). The maximum absolute atomic E-state index is 13.0. The lowest BCUT2D eigenvalue weighted by atomic mass is 9.80. The van der Waals surface area contributed by atoms with Gasteiger partial charge in [0.1, 0.15) is 10.8 Å². The summed E-state index contributed by atoms with van der Waals surface area (Å²) in [5.74, 6) is -0.338. The van der Waals surface area contributed by atoms with Crippen molar-refractivity contribution in [3.63, 3.8) is 0 Å². The zero-order chi connectivity index (χ0) is 20.4. The first-order valence-electron chi connectivity index (χ1n) is 9.82. The summed E-state index contributed by atoms with van der Waals surface area (Å²) >= 11 is 6.30. The third kappa shape index (κ3) is 3.66. The number of benzene rings is 2. The summed E-state index contributed by atoms with van der Waals surface area (Å²) in [6.45, 7) is 1.80. The molecule has 0 saturated heterocycles. The van der Waals surface area contributed by atoms with Gasteiger partial charge in [0.25, 0.3) is 5.91 Å². The van der Waals surface area contributed by atoms with Gasteiger partial charge in [-0.1, -0.05) is 72.3 Å². The molecule has 1 amide bonds. The van der Waals surface area contributed by atoms with E-state index < -0.39 is 11.6 Å². The summed E-state index contributed by atoms with van der Waals surface area (Å²) in [4.78, 5) is 17.4. The predicted octanol–water partition coefficient (Wildman–Crippen LogP) is 4.28. The van der Waals surface area contributed by atoms with Crippen LogP contribution in [0.15, 0.2) is 66.7 Å². The fourth-order valence-corrected chi connectivity index (χ4v) is 4.28. The van der Waals surface area contributed by atoms with E-state index in [-0.39, 0.29) is 11.1 Å². The molecule has 0 aliphatic heterocycles. The van der Waals surface area contributed by atoms with Gasteiger partial charge < -0.3 is 10.4 Å². The summed E-state index contributed by atoms with van der Waals surface area (Å²) in [6, 6.07) is 20.0. The number of hydrogen-bond donors (Lipinski definition) is 2. The van der Waals surface area contributed by atoms with Crippen molar-refractivity contribution in [2.24, 2.45) is 0 Å². The average molecular weight is 407 g/mol. The first kappa shape index (κ1) is 19.6. The molecule has 3 aromatic rings. The van der Waals surface area contributed by atoms with Crippen LogP contribution in [0.25, 0.3) is 0 Å². The number of halogens is 1. The fraction of sp³-hybridized carbons (Fsp3) is 0.250. The number of nitrogens with one attached hydrogen (secondary N) is 1. The number of carbonyl (C=O) groups is 1. The predicted molar refractivity (Wildman–Crippen MR) is 114 cm³/mol. The van der Waals surface area contributed by atoms with Crippen molar-refractivity contribution in [3.05, 3.63) is 99.8 Å². The minimum Gasteiger partial charge on any atom is -0.378 e. The van der Waals surface area contributed by atoms with E-state index in [0.717, 1.165) is 30.5 Å². The Morgan fingerprint density at radius 3 is 2.24 bits per heavy atom. The normalized spacial score (nSPS) is 14.3. The zero-order valence-electron chi connectivity index (χ0n) is 16.2. The van der Waals surface area contributed by atoms with Crippen molar-refractivity contribution in [1.29, 1.82) is 0 Å². The molecule has 4 nitrogen and oxygen atoms in total. The molecule has 1 heterocycles. The molecule has 29 heavy (non-hydrogen) atoms. The van der Waals surface area contributed by atoms with E-state index in [0.29, 0.717) is 16.7 Å². The SMILES string of the molecule is C[C@H](NC(=O)c1cc2c(nc1Cl)CCC2)C(O)(c1ccccc1)c1ccccc1. The van der Waals surface area contributed by atoms with E-state index in [2.05, 4.69) is 10.3 Å². The number of aromatic nitrogens is 1. The Hall–Kier alpha value is -2.69. The number of fused-ring (bicyclic) bond motifs is 1. The van der Waals surface area contributed by atoms with E-state index in [4.69, 9.17) is 11.6 Å². The Morgan fingerprint density at radius 1 is 1.07 bits per heavy atom. The Kier molecular flexibility index (Phi) is 5.39. The monoisotopic (exact) mass is 406 g/mol. The van der Waals surface area contributed by atoms with Crippen LogP contribution in [-0.4, -0.2) is 22.0 Å². The Bertz CT molecular complexity index is 982. The van der Waals surface area contributed by atoms with E-state index in [1.165, 1.54) is 0 Å². The van der Waals surface area contributed by atoms with Gasteiger partial charge in [-0.05, 0) is 48.9 Å². The molecule has 0 saturated carbocycles. The summed E-state index contributed by atoms with van der Waals surface area (Å²) < 4.78 is 0. The van der Waals surface area contributed by atoms with Gasteiger partial charge in [0.05, 0.1) is 11.6 Å². The van der Waals surface area contributed by atoms with Gasteiger partial charge in [0.2, 0.25) is 0 Å². The number of aliphatic hydroxyl groups is 1. The summed E-state index contributed by atoms with van der Waals surface area (Å²) in [5, 5.41) is 14.9. The largest absolute Gasteiger partial charge is 0.378 e. The zero-order valence-corrected chi connectivity index (χ0v) is 17.0. The number of rotatable bonds is 5. The van der Waals surface area contributed by atoms with Gasteiger partial charge in [-0.25, -0.2) is 4.98 Å². The van der Waals surface area contributed by atoms with Crippen LogP contribution in [0.4, 0.5) is 0 Å². The lowest BCUT2D eigenvalue weighted by Gasteiger charge is -2.35. The fourth-order valence-electron chi connectivity index (χ4n) is 4.04. The molecule has 1 aromatic heterocycles. The second-order valence-electron chi connectivity index (χ2n) is 7.48. The molecule has 1 atom stereocenters. The van der Waals surface area contributed by atoms with Crippen molar-refractivity contribution in [1.82, 2.24) is 10.3 Å². The van der Waals surface area contributed by atoms with Crippen LogP contribution < -0.4 is 5.32 Å². The number of hydrogen-bond acceptors (Lipinski definition) is 3. The van der Waals surface area contributed by atoms with Crippen molar-refractivity contribution < 1.29 is 9.90 Å². The van der Waals surface area contributed by atoms with Crippen LogP contribution in [0.1, 0.15) is 46.1 Å². The number of carbonyl (C=O) groups excluding carboxylic acids is 1. The highest BCUT2D eigenvalue weighted by Crippen LogP contribution is 2.33. The second-order valence-corrected chi connectivity index (χ2v) is 7.84. The van der Waals surface area contributed by atoms with Crippen LogP contribution in [0.3, 0.4) is 0 Å². The van der Waals surface area contributed by atoms with Crippen molar-refractivity contribution in [3.8, 4) is 0 Å². The topological polar surface area (TPSA) is 62.2 Å². The van der Waals surface area contributed by atoms with Crippen LogP contribution in [-0.2, 0) is 18.4 Å². The molecular weight excluding hydrogens is 384 g/mol. The third-order valence-electron chi connectivity index (χ3n) is 5.65. The van der Waals surface area contributed by atoms with Gasteiger partial charge in [0, 0.05) is 5.69 Å². The van der Waals surface area contributed by atoms with Crippen molar-refractivity contribution in [2.45, 2.75) is 37.8 Å². The smallest absolute Gasteiger partial charge is 0.254 e. The molecule has 0 unspecified atom stereocenters. The molecule has 0 spiro atoms. The van der Waals surface area contributed by atoms with E-state index >= 15 is 0 Å². The summed E-state index contributed by atoms with van der Waals surface area (Å²) in [6.07, 6.45) is 2.84. The molecule has 0 fully saturated rings. The molecule has 0 bridgehead atoms. The minimum atomic E-state index is -1.39. The van der Waals surface area contributed by atoms with E-state index in [1.54, 1.807) is 6.92 Å². The van der Waals surface area contributed by atoms with Crippen LogP contribution in [0.5, 0.6) is 0 Å². The quantitative estimate of drug-likeness (QED) is 0.622. The lowest BCUT2D eigenvalue weighted by molar-refractivity contribution is 0.0404. The molecular formula is C24H23ClN2O2. The minimum absolute atomic E-state index is 0.207. The number of amides is 1. The van der Waals surface area contributed by atoms with E-state index in [1.807, 2.05) is 66.7 Å². The molecule has 1 aliphatic rings. The van der Waals surface area contributed by atoms with Crippen LogP contribution in [0.2, 0.25) is 5.15 Å². The van der Waals surface area contributed by atoms with Crippen LogP contribution >= 0.6 is 11.6 Å². The standard InChI is InChI=1S/C24H23ClN2O2/c1-16(26-23(28)20-15-17-9-8-14-21(17)27-22(20)25)24(29,18-10-4-2-5-11-18)19-12-6-3-7-13-19/h2-7,10-13,15-16,29H,8-9,14H2,1H3,(H,26,28)/t16-/m0/s1. The lowest BCUT2D eigenvalue weighted by Crippen LogP contribution is -2.49. The van der Waals surface area contributed by atoms with Crippen molar-refractivity contribution >= 4 is 17.5 Å². The number of nitrogens with zero attached hydrogens (tertiary/aromatic N) is 1. The summed E-state index contributed by atoms with van der Waals surface area (Å²) in [7, 11) is 0. The van der Waals surface area contributed by atoms with Crippen LogP contribution in [0, 0.1) is 0 Å².